The third-order valence-corrected chi connectivity index (χ3v) is 3.47. The number of nitrogens with two attached hydrogens (primary N) is 1. The summed E-state index contributed by atoms with van der Waals surface area (Å²) in [5.74, 6) is 0. The van der Waals surface area contributed by atoms with E-state index in [0.717, 1.165) is 4.90 Å². The Kier molecular flexibility index (Phi) is 2.90. The summed E-state index contributed by atoms with van der Waals surface area (Å²) in [6, 6.07) is 1.85. The van der Waals surface area contributed by atoms with Crippen LogP contribution in [0.2, 0.25) is 0 Å². The van der Waals surface area contributed by atoms with E-state index in [1.54, 1.807) is 24.2 Å². The van der Waals surface area contributed by atoms with Crippen LogP contribution in [0, 0.1) is 0 Å². The SMILES string of the molecule is Nc1cnccc1SC1COCC1O. The molecule has 1 aliphatic rings. The predicted molar refractivity (Wildman–Crippen MR) is 55.1 cm³/mol. The van der Waals surface area contributed by atoms with E-state index < -0.39 is 6.10 Å². The van der Waals surface area contributed by atoms with Gasteiger partial charge in [0.2, 0.25) is 0 Å². The minimum atomic E-state index is -0.396. The van der Waals surface area contributed by atoms with Gasteiger partial charge in [-0.05, 0) is 6.07 Å². The van der Waals surface area contributed by atoms with Crippen molar-refractivity contribution < 1.29 is 9.84 Å². The van der Waals surface area contributed by atoms with Crippen molar-refractivity contribution in [1.29, 1.82) is 0 Å². The molecular weight excluding hydrogens is 200 g/mol. The van der Waals surface area contributed by atoms with Crippen LogP contribution >= 0.6 is 11.8 Å². The Morgan fingerprint density at radius 2 is 2.43 bits per heavy atom. The molecular formula is C9H12N2O2S. The van der Waals surface area contributed by atoms with Crippen molar-refractivity contribution in [1.82, 2.24) is 4.98 Å². The quantitative estimate of drug-likeness (QED) is 0.748. The first-order chi connectivity index (χ1) is 6.77. The Balaban J connectivity index is 2.07. The van der Waals surface area contributed by atoms with Gasteiger partial charge in [0.05, 0.1) is 36.5 Å². The second-order valence-electron chi connectivity index (χ2n) is 3.17. The molecule has 4 nitrogen and oxygen atoms in total. The average Bonchev–Trinajstić information content (AvgIpc) is 2.56. The summed E-state index contributed by atoms with van der Waals surface area (Å²) in [4.78, 5) is 4.86. The van der Waals surface area contributed by atoms with Crippen molar-refractivity contribution in [2.75, 3.05) is 18.9 Å². The second-order valence-corrected chi connectivity index (χ2v) is 4.46. The van der Waals surface area contributed by atoms with Crippen LogP contribution in [0.25, 0.3) is 0 Å². The average molecular weight is 212 g/mol. The van der Waals surface area contributed by atoms with Gasteiger partial charge >= 0.3 is 0 Å². The normalized spacial score (nSPS) is 26.6. The van der Waals surface area contributed by atoms with Gasteiger partial charge in [-0.3, -0.25) is 4.98 Å². The highest BCUT2D eigenvalue weighted by atomic mass is 32.2. The van der Waals surface area contributed by atoms with Crippen molar-refractivity contribution in [3.8, 4) is 0 Å². The lowest BCUT2D eigenvalue weighted by molar-refractivity contribution is 0.127. The number of nitrogen functional groups attached to an aromatic ring is 1. The number of rotatable bonds is 2. The molecule has 0 aromatic carbocycles. The van der Waals surface area contributed by atoms with Crippen molar-refractivity contribution in [3.63, 3.8) is 0 Å². The molecule has 2 heterocycles. The topological polar surface area (TPSA) is 68.4 Å². The molecule has 1 aliphatic heterocycles. The summed E-state index contributed by atoms with van der Waals surface area (Å²) in [5, 5.41) is 9.62. The first-order valence-corrected chi connectivity index (χ1v) is 5.27. The molecule has 14 heavy (non-hydrogen) atoms. The molecule has 2 unspecified atom stereocenters. The number of thioether (sulfide) groups is 1. The van der Waals surface area contributed by atoms with Crippen molar-refractivity contribution >= 4 is 17.4 Å². The zero-order chi connectivity index (χ0) is 9.97. The maximum Gasteiger partial charge on any atom is 0.0917 e. The number of nitrogens with zero attached hydrogens (tertiary/aromatic N) is 1. The lowest BCUT2D eigenvalue weighted by atomic mass is 10.3. The lowest BCUT2D eigenvalue weighted by Crippen LogP contribution is -2.20. The minimum Gasteiger partial charge on any atom is -0.397 e. The van der Waals surface area contributed by atoms with E-state index in [-0.39, 0.29) is 5.25 Å². The number of hydrogen-bond acceptors (Lipinski definition) is 5. The van der Waals surface area contributed by atoms with Gasteiger partial charge in [0.15, 0.2) is 0 Å². The molecule has 2 atom stereocenters. The largest absolute Gasteiger partial charge is 0.397 e. The number of anilines is 1. The van der Waals surface area contributed by atoms with Crippen molar-refractivity contribution in [3.05, 3.63) is 18.5 Å². The molecule has 0 saturated carbocycles. The highest BCUT2D eigenvalue weighted by Gasteiger charge is 2.27. The standard InChI is InChI=1S/C9H12N2O2S/c10-6-3-11-2-1-8(6)14-9-5-13-4-7(9)12/h1-3,7,9,12H,4-5,10H2. The summed E-state index contributed by atoms with van der Waals surface area (Å²) in [6.07, 6.45) is 2.92. The number of pyridine rings is 1. The monoisotopic (exact) mass is 212 g/mol. The number of aliphatic hydroxyl groups excluding tert-OH is 1. The number of hydrogen-bond donors (Lipinski definition) is 2. The number of ether oxygens (including phenoxy) is 1. The Morgan fingerprint density at radius 3 is 3.07 bits per heavy atom. The highest BCUT2D eigenvalue weighted by Crippen LogP contribution is 2.31. The van der Waals surface area contributed by atoms with Gasteiger partial charge in [-0.25, -0.2) is 0 Å². The van der Waals surface area contributed by atoms with E-state index in [2.05, 4.69) is 4.98 Å². The Labute approximate surface area is 86.5 Å². The van der Waals surface area contributed by atoms with E-state index in [0.29, 0.717) is 18.9 Å². The molecule has 1 aromatic rings. The molecule has 0 bridgehead atoms. The smallest absolute Gasteiger partial charge is 0.0917 e. The Hall–Kier alpha value is -0.780. The van der Waals surface area contributed by atoms with Gasteiger partial charge in [-0.15, -0.1) is 11.8 Å². The maximum absolute atomic E-state index is 9.54. The highest BCUT2D eigenvalue weighted by molar-refractivity contribution is 8.00. The predicted octanol–water partition coefficient (Wildman–Crippen LogP) is 0.516. The van der Waals surface area contributed by atoms with Crippen LogP contribution in [0.3, 0.4) is 0 Å². The van der Waals surface area contributed by atoms with Gasteiger partial charge in [-0.1, -0.05) is 0 Å². The molecule has 0 amide bonds. The molecule has 1 aromatic heterocycles. The fourth-order valence-electron chi connectivity index (χ4n) is 1.30. The molecule has 2 rings (SSSR count). The maximum atomic E-state index is 9.54. The van der Waals surface area contributed by atoms with Gasteiger partial charge in [0.25, 0.3) is 0 Å². The van der Waals surface area contributed by atoms with Crippen LogP contribution in [0.15, 0.2) is 23.4 Å². The zero-order valence-corrected chi connectivity index (χ0v) is 8.41. The molecule has 0 radical (unpaired) electrons. The summed E-state index contributed by atoms with van der Waals surface area (Å²) in [7, 11) is 0. The van der Waals surface area contributed by atoms with Crippen LogP contribution in [-0.4, -0.2) is 34.7 Å². The minimum absolute atomic E-state index is 0.0831. The molecule has 1 saturated heterocycles. The summed E-state index contributed by atoms with van der Waals surface area (Å²) in [6.45, 7) is 0.996. The Bertz CT molecular complexity index is 321. The molecule has 3 N–H and O–H groups in total. The van der Waals surface area contributed by atoms with Gasteiger partial charge in [0.1, 0.15) is 0 Å². The first kappa shape index (κ1) is 9.76. The van der Waals surface area contributed by atoms with Gasteiger partial charge < -0.3 is 15.6 Å². The molecule has 5 heteroatoms. The zero-order valence-electron chi connectivity index (χ0n) is 7.59. The lowest BCUT2D eigenvalue weighted by Gasteiger charge is -2.12. The Morgan fingerprint density at radius 1 is 1.57 bits per heavy atom. The summed E-state index contributed by atoms with van der Waals surface area (Å²) < 4.78 is 5.15. The van der Waals surface area contributed by atoms with Crippen molar-refractivity contribution in [2.45, 2.75) is 16.2 Å². The van der Waals surface area contributed by atoms with Crippen LogP contribution in [0.4, 0.5) is 5.69 Å². The third-order valence-electron chi connectivity index (χ3n) is 2.09. The number of aromatic nitrogens is 1. The van der Waals surface area contributed by atoms with Crippen molar-refractivity contribution in [2.24, 2.45) is 0 Å². The van der Waals surface area contributed by atoms with Gasteiger partial charge in [0, 0.05) is 11.1 Å². The fourth-order valence-corrected chi connectivity index (χ4v) is 2.35. The first-order valence-electron chi connectivity index (χ1n) is 4.39. The van der Waals surface area contributed by atoms with E-state index in [1.807, 2.05) is 6.07 Å². The molecule has 0 aliphatic carbocycles. The number of aliphatic hydroxyl groups is 1. The van der Waals surface area contributed by atoms with E-state index in [4.69, 9.17) is 10.5 Å². The third kappa shape index (κ3) is 2.00. The second kappa shape index (κ2) is 4.16. The van der Waals surface area contributed by atoms with E-state index in [9.17, 15) is 5.11 Å². The molecule has 1 fully saturated rings. The van der Waals surface area contributed by atoms with Crippen LogP contribution in [-0.2, 0) is 4.74 Å². The van der Waals surface area contributed by atoms with E-state index in [1.165, 1.54) is 0 Å². The summed E-state index contributed by atoms with van der Waals surface area (Å²) in [5.41, 5.74) is 6.39. The molecule has 76 valence electrons. The van der Waals surface area contributed by atoms with Crippen LogP contribution in [0.5, 0.6) is 0 Å². The van der Waals surface area contributed by atoms with Crippen LogP contribution < -0.4 is 5.73 Å². The molecule has 0 spiro atoms. The van der Waals surface area contributed by atoms with E-state index >= 15 is 0 Å². The van der Waals surface area contributed by atoms with Crippen LogP contribution in [0.1, 0.15) is 0 Å². The fraction of sp³-hybridized carbons (Fsp3) is 0.444. The van der Waals surface area contributed by atoms with Gasteiger partial charge in [-0.2, -0.15) is 0 Å². The summed E-state index contributed by atoms with van der Waals surface area (Å²) >= 11 is 1.55.